The van der Waals surface area contributed by atoms with Crippen molar-refractivity contribution in [1.29, 1.82) is 0 Å². The minimum Gasteiger partial charge on any atom is -0.488 e. The molecule has 1 heterocycles. The zero-order valence-corrected chi connectivity index (χ0v) is 13.1. The fourth-order valence-corrected chi connectivity index (χ4v) is 2.55. The molecule has 0 atom stereocenters. The van der Waals surface area contributed by atoms with Crippen LogP contribution in [0.2, 0.25) is 0 Å². The first-order valence-corrected chi connectivity index (χ1v) is 7.62. The Bertz CT molecular complexity index is 733. The third-order valence-corrected chi connectivity index (χ3v) is 3.75. The first-order chi connectivity index (χ1) is 11.7. The van der Waals surface area contributed by atoms with Gasteiger partial charge < -0.3 is 19.3 Å². The van der Waals surface area contributed by atoms with Crippen LogP contribution in [0.1, 0.15) is 33.3 Å². The molecule has 0 unspecified atom stereocenters. The standard InChI is InChI=1S/C19H18O5/c1-2-14-10-17(24-12-13-6-4-3-5-7-13)16(11-15(14)18(20)21)19-22-8-9-23-19/h2-7,10-11,19H,1,8-9,12H2,(H,20,21). The van der Waals surface area contributed by atoms with Crippen molar-refractivity contribution in [3.63, 3.8) is 0 Å². The van der Waals surface area contributed by atoms with Gasteiger partial charge in [-0.15, -0.1) is 0 Å². The van der Waals surface area contributed by atoms with Crippen molar-refractivity contribution in [2.75, 3.05) is 13.2 Å². The van der Waals surface area contributed by atoms with Crippen LogP contribution in [0.25, 0.3) is 6.08 Å². The normalized spacial score (nSPS) is 14.5. The Morgan fingerprint density at radius 1 is 1.25 bits per heavy atom. The quantitative estimate of drug-likeness (QED) is 0.878. The lowest BCUT2D eigenvalue weighted by Crippen LogP contribution is -2.08. The number of carboxylic acids is 1. The van der Waals surface area contributed by atoms with E-state index in [-0.39, 0.29) is 5.56 Å². The Balaban J connectivity index is 1.95. The lowest BCUT2D eigenvalue weighted by atomic mass is 10.0. The molecule has 1 N–H and O–H groups in total. The topological polar surface area (TPSA) is 65.0 Å². The lowest BCUT2D eigenvalue weighted by Gasteiger charge is -2.18. The third-order valence-electron chi connectivity index (χ3n) is 3.75. The number of carboxylic acid groups (broad SMARTS) is 1. The number of hydrogen-bond donors (Lipinski definition) is 1. The molecule has 0 spiro atoms. The van der Waals surface area contributed by atoms with Crippen LogP contribution in [0.4, 0.5) is 0 Å². The molecule has 0 bridgehead atoms. The van der Waals surface area contributed by atoms with Crippen molar-refractivity contribution >= 4 is 12.0 Å². The van der Waals surface area contributed by atoms with Crippen molar-refractivity contribution in [1.82, 2.24) is 0 Å². The predicted molar refractivity (Wildman–Crippen MR) is 88.9 cm³/mol. The zero-order valence-electron chi connectivity index (χ0n) is 13.1. The SMILES string of the molecule is C=Cc1cc(OCc2ccccc2)c(C2OCCO2)cc1C(=O)O. The van der Waals surface area contributed by atoms with Crippen molar-refractivity contribution in [2.24, 2.45) is 0 Å². The number of hydrogen-bond acceptors (Lipinski definition) is 4. The highest BCUT2D eigenvalue weighted by Gasteiger charge is 2.25. The molecule has 1 aliphatic rings. The van der Waals surface area contributed by atoms with Gasteiger partial charge in [-0.05, 0) is 23.3 Å². The van der Waals surface area contributed by atoms with E-state index in [4.69, 9.17) is 14.2 Å². The molecule has 24 heavy (non-hydrogen) atoms. The molecule has 124 valence electrons. The van der Waals surface area contributed by atoms with Gasteiger partial charge in [0.15, 0.2) is 6.29 Å². The Morgan fingerprint density at radius 2 is 1.96 bits per heavy atom. The number of benzene rings is 2. The Morgan fingerprint density at radius 3 is 2.58 bits per heavy atom. The summed E-state index contributed by atoms with van der Waals surface area (Å²) < 4.78 is 17.0. The van der Waals surface area contributed by atoms with Crippen LogP contribution in [0.5, 0.6) is 5.75 Å². The average molecular weight is 326 g/mol. The first kappa shape index (κ1) is 16.2. The maximum absolute atomic E-state index is 11.5. The maximum atomic E-state index is 11.5. The molecule has 5 heteroatoms. The predicted octanol–water partition coefficient (Wildman–Crippen LogP) is 3.65. The molecule has 0 radical (unpaired) electrons. The fourth-order valence-electron chi connectivity index (χ4n) is 2.55. The van der Waals surface area contributed by atoms with Gasteiger partial charge in [0, 0.05) is 0 Å². The molecule has 5 nitrogen and oxygen atoms in total. The van der Waals surface area contributed by atoms with Crippen LogP contribution < -0.4 is 4.74 Å². The molecule has 0 amide bonds. The molecule has 3 rings (SSSR count). The van der Waals surface area contributed by atoms with E-state index in [1.54, 1.807) is 6.07 Å². The lowest BCUT2D eigenvalue weighted by molar-refractivity contribution is -0.0459. The summed E-state index contributed by atoms with van der Waals surface area (Å²) in [6, 6.07) is 12.9. The van der Waals surface area contributed by atoms with E-state index in [9.17, 15) is 9.90 Å². The molecular formula is C19H18O5. The van der Waals surface area contributed by atoms with E-state index in [0.717, 1.165) is 5.56 Å². The van der Waals surface area contributed by atoms with E-state index in [0.29, 0.717) is 36.7 Å². The second kappa shape index (κ2) is 7.29. The summed E-state index contributed by atoms with van der Waals surface area (Å²) in [6.07, 6.45) is 0.881. The first-order valence-electron chi connectivity index (χ1n) is 7.62. The summed E-state index contributed by atoms with van der Waals surface area (Å²) in [5.41, 5.74) is 2.23. The van der Waals surface area contributed by atoms with Gasteiger partial charge in [-0.3, -0.25) is 0 Å². The van der Waals surface area contributed by atoms with Gasteiger partial charge in [-0.2, -0.15) is 0 Å². The van der Waals surface area contributed by atoms with Crippen LogP contribution in [0, 0.1) is 0 Å². The number of carbonyl (C=O) groups is 1. The molecule has 1 fully saturated rings. The smallest absolute Gasteiger partial charge is 0.336 e. The molecule has 2 aromatic rings. The minimum atomic E-state index is -1.03. The van der Waals surface area contributed by atoms with Gasteiger partial charge in [0.25, 0.3) is 0 Å². The number of aromatic carboxylic acids is 1. The molecule has 2 aromatic carbocycles. The maximum Gasteiger partial charge on any atom is 0.336 e. The molecule has 0 aromatic heterocycles. The molecule has 0 aliphatic carbocycles. The number of rotatable bonds is 6. The average Bonchev–Trinajstić information content (AvgIpc) is 3.14. The highest BCUT2D eigenvalue weighted by molar-refractivity contribution is 5.92. The highest BCUT2D eigenvalue weighted by Crippen LogP contribution is 2.34. The van der Waals surface area contributed by atoms with Gasteiger partial charge in [0.1, 0.15) is 12.4 Å². The third kappa shape index (κ3) is 3.48. The van der Waals surface area contributed by atoms with Gasteiger partial charge in [0.2, 0.25) is 0 Å². The number of ether oxygens (including phenoxy) is 3. The van der Waals surface area contributed by atoms with E-state index >= 15 is 0 Å². The largest absolute Gasteiger partial charge is 0.488 e. The molecular weight excluding hydrogens is 308 g/mol. The van der Waals surface area contributed by atoms with Crippen LogP contribution >= 0.6 is 0 Å². The van der Waals surface area contributed by atoms with E-state index < -0.39 is 12.3 Å². The molecule has 0 saturated carbocycles. The second-order valence-corrected chi connectivity index (χ2v) is 5.33. The van der Waals surface area contributed by atoms with Gasteiger partial charge >= 0.3 is 5.97 Å². The summed E-state index contributed by atoms with van der Waals surface area (Å²) in [7, 11) is 0. The summed E-state index contributed by atoms with van der Waals surface area (Å²) in [5.74, 6) is -0.496. The summed E-state index contributed by atoms with van der Waals surface area (Å²) in [6.45, 7) is 4.98. The van der Waals surface area contributed by atoms with Crippen molar-refractivity contribution in [2.45, 2.75) is 12.9 Å². The zero-order chi connectivity index (χ0) is 16.9. The van der Waals surface area contributed by atoms with E-state index in [1.807, 2.05) is 30.3 Å². The van der Waals surface area contributed by atoms with Crippen LogP contribution in [0.15, 0.2) is 49.0 Å². The second-order valence-electron chi connectivity index (χ2n) is 5.33. The summed E-state index contributed by atoms with van der Waals surface area (Å²) in [4.78, 5) is 11.5. The van der Waals surface area contributed by atoms with Crippen LogP contribution in [0.3, 0.4) is 0 Å². The van der Waals surface area contributed by atoms with Crippen molar-refractivity contribution in [3.05, 3.63) is 71.3 Å². The van der Waals surface area contributed by atoms with Crippen LogP contribution in [-0.4, -0.2) is 24.3 Å². The minimum absolute atomic E-state index is 0.145. The van der Waals surface area contributed by atoms with Gasteiger partial charge in [0.05, 0.1) is 24.3 Å². The van der Waals surface area contributed by atoms with Gasteiger partial charge in [-0.1, -0.05) is 43.0 Å². The van der Waals surface area contributed by atoms with Crippen LogP contribution in [-0.2, 0) is 16.1 Å². The van der Waals surface area contributed by atoms with Gasteiger partial charge in [-0.25, -0.2) is 4.79 Å². The summed E-state index contributed by atoms with van der Waals surface area (Å²) in [5, 5.41) is 9.39. The van der Waals surface area contributed by atoms with Crippen molar-refractivity contribution in [3.8, 4) is 5.75 Å². The highest BCUT2D eigenvalue weighted by atomic mass is 16.7. The Hall–Kier alpha value is -2.63. The summed E-state index contributed by atoms with van der Waals surface area (Å²) >= 11 is 0. The van der Waals surface area contributed by atoms with E-state index in [2.05, 4.69) is 6.58 Å². The van der Waals surface area contributed by atoms with Crippen molar-refractivity contribution < 1.29 is 24.1 Å². The monoisotopic (exact) mass is 326 g/mol. The fraction of sp³-hybridized carbons (Fsp3) is 0.211. The molecule has 1 saturated heterocycles. The molecule has 1 aliphatic heterocycles. The van der Waals surface area contributed by atoms with E-state index in [1.165, 1.54) is 12.1 Å². The Labute approximate surface area is 140 Å². The Kier molecular flexibility index (Phi) is 4.93.